The first-order valence-corrected chi connectivity index (χ1v) is 10.6. The van der Waals surface area contributed by atoms with Gasteiger partial charge < -0.3 is 9.84 Å². The summed E-state index contributed by atoms with van der Waals surface area (Å²) in [4.78, 5) is 37.7. The van der Waals surface area contributed by atoms with Crippen LogP contribution < -0.4 is 10.4 Å². The van der Waals surface area contributed by atoms with Crippen molar-refractivity contribution in [2.75, 3.05) is 6.54 Å². The highest BCUT2D eigenvalue weighted by atomic mass is 35.5. The van der Waals surface area contributed by atoms with Gasteiger partial charge in [0.15, 0.2) is 0 Å². The highest BCUT2D eigenvalue weighted by molar-refractivity contribution is 6.32. The number of non-ortho nitro benzene ring substituents is 1. The third-order valence-corrected chi connectivity index (χ3v) is 6.75. The predicted octanol–water partition coefficient (Wildman–Crippen LogP) is 3.59. The van der Waals surface area contributed by atoms with Crippen molar-refractivity contribution in [3.05, 3.63) is 78.8 Å². The smallest absolute Gasteiger partial charge is 0.415 e. The van der Waals surface area contributed by atoms with E-state index in [1.807, 2.05) is 6.07 Å². The number of nitro groups is 1. The van der Waals surface area contributed by atoms with Gasteiger partial charge in [-0.15, -0.1) is 0 Å². The minimum atomic E-state index is -0.690. The number of carbonyl (C=O) groups excluding carboxylic acids is 1. The second-order valence-corrected chi connectivity index (χ2v) is 8.43. The maximum absolute atomic E-state index is 13.2. The number of ether oxygens (including phenoxy) is 1. The summed E-state index contributed by atoms with van der Waals surface area (Å²) in [5.41, 5.74) is 0.752. The Balaban J connectivity index is 1.47. The van der Waals surface area contributed by atoms with Crippen LogP contribution in [-0.4, -0.2) is 36.7 Å². The molecule has 3 heterocycles. The summed E-state index contributed by atoms with van der Waals surface area (Å²) >= 11 is 6.25. The molecule has 1 saturated heterocycles. The molecule has 0 aliphatic carbocycles. The molecule has 2 aliphatic rings. The second kappa shape index (κ2) is 7.64. The fourth-order valence-electron chi connectivity index (χ4n) is 4.66. The lowest BCUT2D eigenvalue weighted by atomic mass is 10.1. The van der Waals surface area contributed by atoms with E-state index < -0.39 is 22.7 Å². The van der Waals surface area contributed by atoms with Gasteiger partial charge in [0.1, 0.15) is 17.5 Å². The van der Waals surface area contributed by atoms with Crippen LogP contribution in [0.25, 0.3) is 5.69 Å². The van der Waals surface area contributed by atoms with Gasteiger partial charge in [0.05, 0.1) is 33.3 Å². The van der Waals surface area contributed by atoms with Gasteiger partial charge in [0.2, 0.25) is 5.88 Å². The number of fused-ring (bicyclic) bond motifs is 5. The highest BCUT2D eigenvalue weighted by Crippen LogP contribution is 2.49. The molecule has 12 heteroatoms. The number of aromatic nitrogens is 2. The Morgan fingerprint density at radius 3 is 2.65 bits per heavy atom. The molecule has 172 valence electrons. The summed E-state index contributed by atoms with van der Waals surface area (Å²) in [5.74, 6) is -0.172. The van der Waals surface area contributed by atoms with Crippen LogP contribution in [-0.2, 0) is 0 Å². The normalized spacial score (nSPS) is 18.0. The topological polar surface area (TPSA) is 144 Å². The van der Waals surface area contributed by atoms with Gasteiger partial charge in [-0.1, -0.05) is 11.6 Å². The van der Waals surface area contributed by atoms with Gasteiger partial charge in [-0.05, 0) is 43.2 Å². The van der Waals surface area contributed by atoms with E-state index in [0.29, 0.717) is 23.4 Å². The van der Waals surface area contributed by atoms with Gasteiger partial charge in [0.25, 0.3) is 5.69 Å². The molecule has 11 nitrogen and oxygen atoms in total. The number of nitro benzene ring substituents is 1. The molecule has 1 N–H and O–H groups in total. The molecular formula is C22H16ClN5O6. The van der Waals surface area contributed by atoms with E-state index >= 15 is 0 Å². The van der Waals surface area contributed by atoms with Crippen LogP contribution in [0.1, 0.15) is 35.3 Å². The number of hydrogen-bond acceptors (Lipinski definition) is 7. The van der Waals surface area contributed by atoms with Crippen molar-refractivity contribution < 1.29 is 19.6 Å². The molecule has 2 aliphatic heterocycles. The lowest BCUT2D eigenvalue weighted by molar-refractivity contribution is -0.384. The SMILES string of the molecule is Cc1c(-n2c(O)c3n(c2=O)[C@H]2C[C@@H]3N(C(=O)Oc3ccc([N+](=O)[O-])cc3)C2)ccc(C#N)c1Cl. The summed E-state index contributed by atoms with van der Waals surface area (Å²) in [5, 5.41) is 31.2. The molecule has 1 aromatic heterocycles. The third-order valence-electron chi connectivity index (χ3n) is 6.26. The minimum Gasteiger partial charge on any atom is -0.493 e. The van der Waals surface area contributed by atoms with Crippen LogP contribution in [0.4, 0.5) is 10.5 Å². The van der Waals surface area contributed by atoms with Gasteiger partial charge in [-0.3, -0.25) is 19.6 Å². The van der Waals surface area contributed by atoms with Crippen molar-refractivity contribution >= 4 is 23.4 Å². The maximum atomic E-state index is 13.2. The number of halogens is 1. The lowest BCUT2D eigenvalue weighted by Crippen LogP contribution is -2.39. The van der Waals surface area contributed by atoms with Crippen molar-refractivity contribution in [2.24, 2.45) is 0 Å². The summed E-state index contributed by atoms with van der Waals surface area (Å²) in [6, 6.07) is 9.17. The van der Waals surface area contributed by atoms with Crippen LogP contribution in [0.15, 0.2) is 41.2 Å². The summed E-state index contributed by atoms with van der Waals surface area (Å²) in [6.45, 7) is 1.86. The molecule has 2 aromatic carbocycles. The lowest BCUT2D eigenvalue weighted by Gasteiger charge is -2.26. The molecule has 2 atom stereocenters. The molecule has 1 fully saturated rings. The summed E-state index contributed by atoms with van der Waals surface area (Å²) in [6.07, 6.45) is -0.244. The fourth-order valence-corrected chi connectivity index (χ4v) is 4.87. The van der Waals surface area contributed by atoms with E-state index in [9.17, 15) is 30.1 Å². The van der Waals surface area contributed by atoms with Crippen molar-refractivity contribution in [1.82, 2.24) is 14.0 Å². The molecule has 2 bridgehead atoms. The zero-order valence-electron chi connectivity index (χ0n) is 17.6. The van der Waals surface area contributed by atoms with E-state index in [-0.39, 0.29) is 40.5 Å². The Labute approximate surface area is 196 Å². The molecule has 0 radical (unpaired) electrons. The van der Waals surface area contributed by atoms with E-state index in [0.717, 1.165) is 4.57 Å². The standard InChI is InChI=1S/C22H16ClN5O6/c1-11-16(7-2-12(9-24)18(11)23)27-20(29)19-17-8-14(26(19)21(27)30)10-25(17)22(31)34-15-5-3-13(4-6-15)28(32)33/h2-7,14,17,29H,8,10H2,1H3/t14-,17-/m0/s1. The molecular weight excluding hydrogens is 466 g/mol. The van der Waals surface area contributed by atoms with E-state index in [1.54, 1.807) is 13.0 Å². The summed E-state index contributed by atoms with van der Waals surface area (Å²) < 4.78 is 7.96. The van der Waals surface area contributed by atoms with Crippen LogP contribution in [0.3, 0.4) is 0 Å². The van der Waals surface area contributed by atoms with Crippen molar-refractivity contribution in [2.45, 2.75) is 25.4 Å². The van der Waals surface area contributed by atoms with Crippen molar-refractivity contribution in [3.63, 3.8) is 0 Å². The molecule has 0 spiro atoms. The second-order valence-electron chi connectivity index (χ2n) is 8.06. The van der Waals surface area contributed by atoms with E-state index in [1.165, 1.54) is 39.8 Å². The van der Waals surface area contributed by atoms with Gasteiger partial charge in [0, 0.05) is 18.7 Å². The van der Waals surface area contributed by atoms with E-state index in [2.05, 4.69) is 0 Å². The van der Waals surface area contributed by atoms with Gasteiger partial charge in [-0.2, -0.15) is 5.26 Å². The molecule has 0 unspecified atom stereocenters. The first-order chi connectivity index (χ1) is 16.2. The number of rotatable bonds is 3. The summed E-state index contributed by atoms with van der Waals surface area (Å²) in [7, 11) is 0. The van der Waals surface area contributed by atoms with Crippen molar-refractivity contribution in [1.29, 1.82) is 5.26 Å². The molecule has 3 aromatic rings. The first-order valence-electron chi connectivity index (χ1n) is 10.2. The van der Waals surface area contributed by atoms with E-state index in [4.69, 9.17) is 16.3 Å². The highest BCUT2D eigenvalue weighted by Gasteiger charge is 2.50. The van der Waals surface area contributed by atoms with Crippen LogP contribution in [0.5, 0.6) is 11.6 Å². The van der Waals surface area contributed by atoms with Crippen molar-refractivity contribution in [3.8, 4) is 23.4 Å². The number of aromatic hydroxyl groups is 1. The number of carbonyl (C=O) groups is 1. The average Bonchev–Trinajstić information content (AvgIpc) is 3.48. The Morgan fingerprint density at radius 1 is 1.29 bits per heavy atom. The quantitative estimate of drug-likeness (QED) is 0.444. The largest absolute Gasteiger partial charge is 0.493 e. The number of amides is 1. The van der Waals surface area contributed by atoms with Crippen LogP contribution in [0, 0.1) is 28.4 Å². The monoisotopic (exact) mass is 481 g/mol. The Morgan fingerprint density at radius 2 is 2.00 bits per heavy atom. The third kappa shape index (κ3) is 3.03. The molecule has 5 rings (SSSR count). The number of benzene rings is 2. The van der Waals surface area contributed by atoms with Crippen LogP contribution in [0.2, 0.25) is 5.02 Å². The fraction of sp³-hybridized carbons (Fsp3) is 0.227. The number of nitrogens with zero attached hydrogens (tertiary/aromatic N) is 5. The number of hydrogen-bond donors (Lipinski definition) is 1. The maximum Gasteiger partial charge on any atom is 0.415 e. The van der Waals surface area contributed by atoms with Gasteiger partial charge >= 0.3 is 11.8 Å². The zero-order valence-corrected chi connectivity index (χ0v) is 18.4. The Bertz CT molecular complexity index is 1470. The molecule has 1 amide bonds. The Hall–Kier alpha value is -4.30. The predicted molar refractivity (Wildman–Crippen MR) is 118 cm³/mol. The molecule has 34 heavy (non-hydrogen) atoms. The minimum absolute atomic E-state index is 0.131. The number of likely N-dealkylation sites (tertiary alicyclic amines) is 1. The Kier molecular flexibility index (Phi) is 4.84. The zero-order chi connectivity index (χ0) is 24.3. The first kappa shape index (κ1) is 21.5. The van der Waals surface area contributed by atoms with Gasteiger partial charge in [-0.25, -0.2) is 14.2 Å². The number of imidazole rings is 1. The average molecular weight is 482 g/mol. The van der Waals surface area contributed by atoms with Crippen LogP contribution >= 0.6 is 11.6 Å². The number of nitriles is 1. The molecule has 0 saturated carbocycles.